The lowest BCUT2D eigenvalue weighted by atomic mass is 10.0. The van der Waals surface area contributed by atoms with Crippen LogP contribution in [0.2, 0.25) is 0 Å². The van der Waals surface area contributed by atoms with E-state index in [2.05, 4.69) is 17.3 Å². The van der Waals surface area contributed by atoms with Gasteiger partial charge in [-0.15, -0.1) is 0 Å². The number of rotatable bonds is 5. The molecule has 1 aromatic rings. The van der Waals surface area contributed by atoms with E-state index >= 15 is 0 Å². The van der Waals surface area contributed by atoms with Gasteiger partial charge in [-0.3, -0.25) is 9.48 Å². The maximum absolute atomic E-state index is 11.8. The Morgan fingerprint density at radius 1 is 1.62 bits per heavy atom. The Labute approximate surface area is 97.0 Å². The summed E-state index contributed by atoms with van der Waals surface area (Å²) < 4.78 is 1.76. The Bertz CT molecular complexity index is 338. The van der Waals surface area contributed by atoms with Crippen LogP contribution in [0, 0.1) is 12.8 Å². The maximum Gasteiger partial charge on any atom is 0.228 e. The predicted octanol–water partition coefficient (Wildman–Crippen LogP) is 2.49. The van der Waals surface area contributed by atoms with Crippen molar-refractivity contribution in [2.24, 2.45) is 13.0 Å². The molecule has 0 saturated carbocycles. The van der Waals surface area contributed by atoms with Crippen molar-refractivity contribution in [3.05, 3.63) is 11.8 Å². The molecule has 0 aliphatic carbocycles. The largest absolute Gasteiger partial charge is 0.309 e. The zero-order chi connectivity index (χ0) is 12.1. The van der Waals surface area contributed by atoms with Crippen LogP contribution in [0.15, 0.2) is 6.07 Å². The maximum atomic E-state index is 11.8. The van der Waals surface area contributed by atoms with E-state index in [1.54, 1.807) is 4.68 Å². The Hall–Kier alpha value is -1.32. The lowest BCUT2D eigenvalue weighted by molar-refractivity contribution is -0.119. The number of hydrogen-bond acceptors (Lipinski definition) is 2. The highest BCUT2D eigenvalue weighted by Gasteiger charge is 2.13. The molecule has 0 spiro atoms. The molecule has 4 nitrogen and oxygen atoms in total. The van der Waals surface area contributed by atoms with Crippen molar-refractivity contribution in [2.75, 3.05) is 5.32 Å². The van der Waals surface area contributed by atoms with Gasteiger partial charge in [0, 0.05) is 24.7 Å². The summed E-state index contributed by atoms with van der Waals surface area (Å²) in [5, 5.41) is 7.04. The molecule has 0 bridgehead atoms. The number of aryl methyl sites for hydroxylation is 2. The van der Waals surface area contributed by atoms with E-state index in [1.807, 2.05) is 27.0 Å². The molecule has 1 unspecified atom stereocenters. The highest BCUT2D eigenvalue weighted by Crippen LogP contribution is 2.12. The minimum absolute atomic E-state index is 0.0577. The molecule has 0 aliphatic heterocycles. The zero-order valence-electron chi connectivity index (χ0n) is 10.6. The molecule has 1 amide bonds. The Morgan fingerprint density at radius 3 is 2.81 bits per heavy atom. The highest BCUT2D eigenvalue weighted by atomic mass is 16.1. The van der Waals surface area contributed by atoms with Crippen LogP contribution in [0.25, 0.3) is 0 Å². The second-order valence-electron chi connectivity index (χ2n) is 4.33. The number of hydrogen-bond donors (Lipinski definition) is 1. The van der Waals surface area contributed by atoms with Gasteiger partial charge in [-0.05, 0) is 13.3 Å². The van der Waals surface area contributed by atoms with Gasteiger partial charge in [0.2, 0.25) is 5.91 Å². The summed E-state index contributed by atoms with van der Waals surface area (Å²) in [4.78, 5) is 11.8. The third-order valence-corrected chi connectivity index (χ3v) is 2.80. The lowest BCUT2D eigenvalue weighted by Gasteiger charge is -2.09. The first-order chi connectivity index (χ1) is 7.54. The van der Waals surface area contributed by atoms with E-state index in [4.69, 9.17) is 0 Å². The molecule has 16 heavy (non-hydrogen) atoms. The van der Waals surface area contributed by atoms with Crippen molar-refractivity contribution in [1.82, 2.24) is 9.78 Å². The summed E-state index contributed by atoms with van der Waals surface area (Å²) in [6.07, 6.45) is 3.16. The molecule has 1 atom stereocenters. The van der Waals surface area contributed by atoms with Crippen LogP contribution >= 0.6 is 0 Å². The average Bonchev–Trinajstić information content (AvgIpc) is 2.54. The van der Waals surface area contributed by atoms with E-state index in [0.717, 1.165) is 25.0 Å². The van der Waals surface area contributed by atoms with Crippen LogP contribution in [0.3, 0.4) is 0 Å². The van der Waals surface area contributed by atoms with Gasteiger partial charge in [0.1, 0.15) is 0 Å². The lowest BCUT2D eigenvalue weighted by Crippen LogP contribution is -2.20. The fraction of sp³-hybridized carbons (Fsp3) is 0.667. The van der Waals surface area contributed by atoms with E-state index in [9.17, 15) is 4.79 Å². The normalized spacial score (nSPS) is 12.5. The summed E-state index contributed by atoms with van der Waals surface area (Å²) in [7, 11) is 1.87. The van der Waals surface area contributed by atoms with Crippen molar-refractivity contribution in [1.29, 1.82) is 0 Å². The van der Waals surface area contributed by atoms with Crippen LogP contribution in [0.4, 0.5) is 5.82 Å². The number of nitrogens with one attached hydrogen (secondary N) is 1. The van der Waals surface area contributed by atoms with Crippen LogP contribution in [-0.4, -0.2) is 15.7 Å². The SMILES string of the molecule is CCCCC(C)C(=O)Nc1cc(C)n(C)n1. The molecule has 0 aromatic carbocycles. The monoisotopic (exact) mass is 223 g/mol. The number of carbonyl (C=O) groups is 1. The standard InChI is InChI=1S/C12H21N3O/c1-5-6-7-9(2)12(16)13-11-8-10(3)15(4)14-11/h8-9H,5-7H2,1-4H3,(H,13,14,16). The molecule has 0 aliphatic rings. The molecular formula is C12H21N3O. The molecule has 1 rings (SSSR count). The Balaban J connectivity index is 2.50. The van der Waals surface area contributed by atoms with E-state index in [-0.39, 0.29) is 11.8 Å². The zero-order valence-corrected chi connectivity index (χ0v) is 10.6. The first-order valence-electron chi connectivity index (χ1n) is 5.86. The molecule has 4 heteroatoms. The average molecular weight is 223 g/mol. The van der Waals surface area contributed by atoms with Crippen LogP contribution in [-0.2, 0) is 11.8 Å². The molecule has 0 radical (unpaired) electrons. The summed E-state index contributed by atoms with van der Waals surface area (Å²) in [5.74, 6) is 0.766. The summed E-state index contributed by atoms with van der Waals surface area (Å²) in [5.41, 5.74) is 1.04. The number of amides is 1. The first kappa shape index (κ1) is 12.7. The fourth-order valence-corrected chi connectivity index (χ4v) is 1.51. The summed E-state index contributed by atoms with van der Waals surface area (Å²) >= 11 is 0. The molecule has 0 saturated heterocycles. The smallest absolute Gasteiger partial charge is 0.228 e. The fourth-order valence-electron chi connectivity index (χ4n) is 1.51. The van der Waals surface area contributed by atoms with E-state index < -0.39 is 0 Å². The molecule has 1 aromatic heterocycles. The number of nitrogens with zero attached hydrogens (tertiary/aromatic N) is 2. The predicted molar refractivity (Wildman–Crippen MR) is 65.3 cm³/mol. The second kappa shape index (κ2) is 5.68. The van der Waals surface area contributed by atoms with Gasteiger partial charge in [-0.2, -0.15) is 5.10 Å². The van der Waals surface area contributed by atoms with E-state index in [0.29, 0.717) is 5.82 Å². The molecule has 1 N–H and O–H groups in total. The molecule has 0 fully saturated rings. The molecule has 90 valence electrons. The molecular weight excluding hydrogens is 202 g/mol. The quantitative estimate of drug-likeness (QED) is 0.833. The van der Waals surface area contributed by atoms with Gasteiger partial charge in [0.25, 0.3) is 0 Å². The van der Waals surface area contributed by atoms with E-state index in [1.165, 1.54) is 0 Å². The molecule has 1 heterocycles. The summed E-state index contributed by atoms with van der Waals surface area (Å²) in [6.45, 7) is 6.05. The van der Waals surface area contributed by atoms with Gasteiger partial charge < -0.3 is 5.32 Å². The van der Waals surface area contributed by atoms with Crippen LogP contribution in [0.1, 0.15) is 38.8 Å². The van der Waals surface area contributed by atoms with Gasteiger partial charge in [0.05, 0.1) is 0 Å². The first-order valence-corrected chi connectivity index (χ1v) is 5.86. The van der Waals surface area contributed by atoms with Crippen molar-refractivity contribution in [2.45, 2.75) is 40.0 Å². The second-order valence-corrected chi connectivity index (χ2v) is 4.33. The minimum Gasteiger partial charge on any atom is -0.309 e. The minimum atomic E-state index is 0.0577. The van der Waals surface area contributed by atoms with Gasteiger partial charge in [0.15, 0.2) is 5.82 Å². The van der Waals surface area contributed by atoms with Crippen LogP contribution < -0.4 is 5.32 Å². The van der Waals surface area contributed by atoms with Crippen molar-refractivity contribution >= 4 is 11.7 Å². The number of anilines is 1. The van der Waals surface area contributed by atoms with Gasteiger partial charge >= 0.3 is 0 Å². The summed E-state index contributed by atoms with van der Waals surface area (Å²) in [6, 6.07) is 1.88. The topological polar surface area (TPSA) is 46.9 Å². The number of unbranched alkanes of at least 4 members (excludes halogenated alkanes) is 1. The third-order valence-electron chi connectivity index (χ3n) is 2.80. The van der Waals surface area contributed by atoms with Crippen molar-refractivity contribution < 1.29 is 4.79 Å². The Kier molecular flexibility index (Phi) is 4.52. The Morgan fingerprint density at radius 2 is 2.31 bits per heavy atom. The van der Waals surface area contributed by atoms with Gasteiger partial charge in [-0.25, -0.2) is 0 Å². The number of aromatic nitrogens is 2. The third kappa shape index (κ3) is 3.36. The van der Waals surface area contributed by atoms with Crippen LogP contribution in [0.5, 0.6) is 0 Å². The highest BCUT2D eigenvalue weighted by molar-refractivity contribution is 5.91. The van der Waals surface area contributed by atoms with Crippen molar-refractivity contribution in [3.8, 4) is 0 Å². The van der Waals surface area contributed by atoms with Crippen molar-refractivity contribution in [3.63, 3.8) is 0 Å². The van der Waals surface area contributed by atoms with Gasteiger partial charge in [-0.1, -0.05) is 26.7 Å². The number of carbonyl (C=O) groups excluding carboxylic acids is 1.